The van der Waals surface area contributed by atoms with Crippen molar-refractivity contribution in [3.63, 3.8) is 0 Å². The Kier molecular flexibility index (Phi) is 4.49. The smallest absolute Gasteiger partial charge is 0.409 e. The van der Waals surface area contributed by atoms with Crippen LogP contribution in [0.15, 0.2) is 60.9 Å². The number of anilines is 1. The largest absolute Gasteiger partial charge is 0.465 e. The highest BCUT2D eigenvalue weighted by atomic mass is 16.5. The van der Waals surface area contributed by atoms with Crippen molar-refractivity contribution in [1.29, 1.82) is 5.26 Å². The lowest BCUT2D eigenvalue weighted by Gasteiger charge is -2.11. The average Bonchev–Trinajstić information content (AvgIpc) is 3.56. The van der Waals surface area contributed by atoms with Gasteiger partial charge in [-0.2, -0.15) is 5.26 Å². The Hall–Kier alpha value is -4.38. The van der Waals surface area contributed by atoms with Crippen LogP contribution < -0.4 is 10.1 Å². The maximum absolute atomic E-state index is 10.9. The van der Waals surface area contributed by atoms with E-state index in [0.717, 1.165) is 35.0 Å². The Bertz CT molecular complexity index is 1320. The van der Waals surface area contributed by atoms with Gasteiger partial charge in [-0.25, -0.2) is 14.8 Å². The molecule has 0 aliphatic heterocycles. The second kappa shape index (κ2) is 7.46. The molecule has 2 N–H and O–H groups in total. The lowest BCUT2D eigenvalue weighted by atomic mass is 10.1. The molecule has 2 aromatic carbocycles. The maximum Gasteiger partial charge on any atom is 0.409 e. The van der Waals surface area contributed by atoms with Crippen LogP contribution in [0.2, 0.25) is 0 Å². The molecule has 8 nitrogen and oxygen atoms in total. The lowest BCUT2D eigenvalue weighted by molar-refractivity contribution is 0.209. The zero-order chi connectivity index (χ0) is 21.4. The zero-order valence-corrected chi connectivity index (χ0v) is 16.3. The molecular formula is C23H17N5O3. The van der Waals surface area contributed by atoms with Gasteiger partial charge in [0.2, 0.25) is 0 Å². The predicted molar refractivity (Wildman–Crippen MR) is 114 cm³/mol. The third kappa shape index (κ3) is 3.53. The van der Waals surface area contributed by atoms with E-state index >= 15 is 0 Å². The van der Waals surface area contributed by atoms with E-state index in [2.05, 4.69) is 25.9 Å². The van der Waals surface area contributed by atoms with E-state index in [9.17, 15) is 10.1 Å². The summed E-state index contributed by atoms with van der Waals surface area (Å²) in [5, 5.41) is 22.1. The first kappa shape index (κ1) is 18.6. The number of fused-ring (bicyclic) bond motifs is 1. The molecule has 0 unspecified atom stereocenters. The Balaban J connectivity index is 1.63. The SMILES string of the molecule is N#Cc1c(-c2ccc(NC(=O)O)cc2)n(C2CC2)c2cc(Oc3ncccn3)ccc12. The minimum atomic E-state index is -1.12. The van der Waals surface area contributed by atoms with Crippen LogP contribution in [0, 0.1) is 11.3 Å². The van der Waals surface area contributed by atoms with Crippen molar-refractivity contribution in [3.8, 4) is 29.1 Å². The fourth-order valence-electron chi connectivity index (χ4n) is 3.74. The summed E-state index contributed by atoms with van der Waals surface area (Å²) in [6, 6.07) is 17.3. The molecule has 0 bridgehead atoms. The number of carbonyl (C=O) groups is 1. The van der Waals surface area contributed by atoms with Crippen LogP contribution in [0.1, 0.15) is 24.4 Å². The molecule has 0 spiro atoms. The third-order valence-corrected chi connectivity index (χ3v) is 5.16. The molecule has 4 aromatic rings. The summed E-state index contributed by atoms with van der Waals surface area (Å²) >= 11 is 0. The third-order valence-electron chi connectivity index (χ3n) is 5.16. The average molecular weight is 411 g/mol. The number of hydrogen-bond acceptors (Lipinski definition) is 5. The van der Waals surface area contributed by atoms with Crippen LogP contribution in [0.25, 0.3) is 22.2 Å². The highest BCUT2D eigenvalue weighted by Crippen LogP contribution is 2.45. The number of amides is 1. The normalized spacial score (nSPS) is 13.0. The molecule has 8 heteroatoms. The van der Waals surface area contributed by atoms with Crippen molar-refractivity contribution < 1.29 is 14.6 Å². The Morgan fingerprint density at radius 2 is 1.90 bits per heavy atom. The van der Waals surface area contributed by atoms with Crippen LogP contribution in [0.5, 0.6) is 11.8 Å². The number of nitrogens with one attached hydrogen (secondary N) is 1. The monoisotopic (exact) mass is 411 g/mol. The number of benzene rings is 2. The van der Waals surface area contributed by atoms with Crippen LogP contribution in [-0.2, 0) is 0 Å². The van der Waals surface area contributed by atoms with Gasteiger partial charge < -0.3 is 14.4 Å². The first-order valence-corrected chi connectivity index (χ1v) is 9.77. The molecular weight excluding hydrogens is 394 g/mol. The van der Waals surface area contributed by atoms with Gasteiger partial charge >= 0.3 is 12.1 Å². The summed E-state index contributed by atoms with van der Waals surface area (Å²) in [6.45, 7) is 0. The Labute approximate surface area is 177 Å². The Morgan fingerprint density at radius 3 is 2.55 bits per heavy atom. The van der Waals surface area contributed by atoms with Crippen molar-refractivity contribution in [3.05, 3.63) is 66.5 Å². The van der Waals surface area contributed by atoms with E-state index in [1.807, 2.05) is 24.3 Å². The summed E-state index contributed by atoms with van der Waals surface area (Å²) in [7, 11) is 0. The van der Waals surface area contributed by atoms with Crippen LogP contribution in [0.4, 0.5) is 10.5 Å². The van der Waals surface area contributed by atoms with Gasteiger partial charge in [0.05, 0.1) is 16.8 Å². The minimum Gasteiger partial charge on any atom is -0.465 e. The van der Waals surface area contributed by atoms with E-state index < -0.39 is 6.09 Å². The first-order valence-electron chi connectivity index (χ1n) is 9.77. The topological polar surface area (TPSA) is 113 Å². The highest BCUT2D eigenvalue weighted by Gasteiger charge is 2.30. The molecule has 31 heavy (non-hydrogen) atoms. The summed E-state index contributed by atoms with van der Waals surface area (Å²) in [5.41, 5.74) is 3.65. The first-order chi connectivity index (χ1) is 15.1. The highest BCUT2D eigenvalue weighted by molar-refractivity contribution is 5.96. The van der Waals surface area contributed by atoms with Gasteiger partial charge in [0, 0.05) is 35.6 Å². The molecule has 1 saturated carbocycles. The molecule has 1 aliphatic rings. The standard InChI is InChI=1S/C23H17N5O3/c24-13-19-18-9-8-17(31-22-25-10-1-11-26-22)12-20(18)28(16-6-7-16)21(19)14-2-4-15(5-3-14)27-23(29)30/h1-5,8-12,16,27H,6-7H2,(H,29,30). The van der Waals surface area contributed by atoms with Crippen molar-refractivity contribution in [2.45, 2.75) is 18.9 Å². The van der Waals surface area contributed by atoms with Gasteiger partial charge in [0.15, 0.2) is 0 Å². The van der Waals surface area contributed by atoms with E-state index in [4.69, 9.17) is 9.84 Å². The molecule has 5 rings (SSSR count). The second-order valence-electron chi connectivity index (χ2n) is 7.26. The number of nitrogens with zero attached hydrogens (tertiary/aromatic N) is 4. The summed E-state index contributed by atoms with van der Waals surface area (Å²) in [6.07, 6.45) is 4.18. The second-order valence-corrected chi connectivity index (χ2v) is 7.26. The van der Waals surface area contributed by atoms with Crippen molar-refractivity contribution in [1.82, 2.24) is 14.5 Å². The van der Waals surface area contributed by atoms with E-state index in [1.165, 1.54) is 0 Å². The number of aromatic nitrogens is 3. The molecule has 152 valence electrons. The summed E-state index contributed by atoms with van der Waals surface area (Å²) < 4.78 is 7.99. The van der Waals surface area contributed by atoms with Crippen molar-refractivity contribution >= 4 is 22.7 Å². The molecule has 2 heterocycles. The molecule has 0 saturated heterocycles. The van der Waals surface area contributed by atoms with Crippen molar-refractivity contribution in [2.75, 3.05) is 5.32 Å². The van der Waals surface area contributed by atoms with Crippen molar-refractivity contribution in [2.24, 2.45) is 0 Å². The summed E-state index contributed by atoms with van der Waals surface area (Å²) in [5.74, 6) is 0.593. The molecule has 1 fully saturated rings. The van der Waals surface area contributed by atoms with Crippen LogP contribution >= 0.6 is 0 Å². The molecule has 0 atom stereocenters. The minimum absolute atomic E-state index is 0.258. The molecule has 1 aliphatic carbocycles. The lowest BCUT2D eigenvalue weighted by Crippen LogP contribution is -2.06. The van der Waals surface area contributed by atoms with Gasteiger partial charge in [0.1, 0.15) is 11.8 Å². The van der Waals surface area contributed by atoms with E-state index in [1.54, 1.807) is 36.7 Å². The number of carboxylic acid groups (broad SMARTS) is 1. The zero-order valence-electron chi connectivity index (χ0n) is 16.3. The van der Waals surface area contributed by atoms with Gasteiger partial charge in [-0.15, -0.1) is 0 Å². The quantitative estimate of drug-likeness (QED) is 0.467. The number of hydrogen-bond donors (Lipinski definition) is 2. The van der Waals surface area contributed by atoms with Gasteiger partial charge in [-0.05, 0) is 48.7 Å². The molecule has 1 amide bonds. The number of ether oxygens (including phenoxy) is 1. The summed E-state index contributed by atoms with van der Waals surface area (Å²) in [4.78, 5) is 19.1. The fraction of sp³-hybridized carbons (Fsp3) is 0.130. The van der Waals surface area contributed by atoms with E-state index in [0.29, 0.717) is 23.0 Å². The molecule has 0 radical (unpaired) electrons. The van der Waals surface area contributed by atoms with Crippen LogP contribution in [-0.4, -0.2) is 25.7 Å². The van der Waals surface area contributed by atoms with Gasteiger partial charge in [0.25, 0.3) is 0 Å². The van der Waals surface area contributed by atoms with E-state index in [-0.39, 0.29) is 6.01 Å². The fourth-order valence-corrected chi connectivity index (χ4v) is 3.74. The Morgan fingerprint density at radius 1 is 1.16 bits per heavy atom. The maximum atomic E-state index is 10.9. The predicted octanol–water partition coefficient (Wildman–Crippen LogP) is 5.19. The van der Waals surface area contributed by atoms with Crippen LogP contribution in [0.3, 0.4) is 0 Å². The molecule has 2 aromatic heterocycles. The van der Waals surface area contributed by atoms with Gasteiger partial charge in [-0.3, -0.25) is 5.32 Å². The number of rotatable bonds is 5. The number of nitriles is 1. The van der Waals surface area contributed by atoms with Gasteiger partial charge in [-0.1, -0.05) is 12.1 Å².